The zero-order chi connectivity index (χ0) is 32.8. The predicted octanol–water partition coefficient (Wildman–Crippen LogP) is 11.5. The maximum atomic E-state index is 5.47. The third-order valence-electron chi connectivity index (χ3n) is 11.1. The molecule has 234 valence electrons. The first kappa shape index (κ1) is 28.1. The molecule has 1 aliphatic heterocycles. The lowest BCUT2D eigenvalue weighted by Gasteiger charge is -2.48. The van der Waals surface area contributed by atoms with E-state index in [1.807, 2.05) is 11.8 Å². The van der Waals surface area contributed by atoms with Gasteiger partial charge in [0.25, 0.3) is 0 Å². The smallest absolute Gasteiger partial charge is 0.160 e. The van der Waals surface area contributed by atoms with Gasteiger partial charge in [-0.15, -0.1) is 11.8 Å². The van der Waals surface area contributed by atoms with E-state index in [9.17, 15) is 0 Å². The van der Waals surface area contributed by atoms with Crippen LogP contribution in [0.4, 0.5) is 0 Å². The zero-order valence-corrected chi connectivity index (χ0v) is 27.9. The van der Waals surface area contributed by atoms with Crippen LogP contribution in [0.5, 0.6) is 0 Å². The minimum absolute atomic E-state index is 0.221. The van der Waals surface area contributed by atoms with Gasteiger partial charge < -0.3 is 0 Å². The highest BCUT2D eigenvalue weighted by Gasteiger charge is 2.56. The van der Waals surface area contributed by atoms with Crippen LogP contribution < -0.4 is 0 Å². The number of hydrogen-bond acceptors (Lipinski definition) is 3. The normalized spacial score (nSPS) is 20.9. The van der Waals surface area contributed by atoms with Crippen molar-refractivity contribution in [3.8, 4) is 33.8 Å². The number of allylic oxidation sites excluding steroid dienone is 7. The fourth-order valence-corrected chi connectivity index (χ4v) is 10.7. The van der Waals surface area contributed by atoms with Crippen LogP contribution in [0.1, 0.15) is 16.7 Å². The van der Waals surface area contributed by atoms with E-state index in [1.54, 1.807) is 0 Å². The Kier molecular flexibility index (Phi) is 5.97. The summed E-state index contributed by atoms with van der Waals surface area (Å²) in [5, 5.41) is 3.87. The van der Waals surface area contributed by atoms with E-state index >= 15 is 0 Å². The number of para-hydroxylation sites is 1. The van der Waals surface area contributed by atoms with Gasteiger partial charge in [-0.25, -0.2) is 9.97 Å². The Morgan fingerprint density at radius 2 is 1.36 bits per heavy atom. The third kappa shape index (κ3) is 3.76. The lowest BCUT2D eigenvalue weighted by Crippen LogP contribution is -2.42. The molecule has 50 heavy (non-hydrogen) atoms. The largest absolute Gasteiger partial charge is 0.228 e. The molecule has 1 aromatic heterocycles. The number of thioether (sulfide) groups is 1. The van der Waals surface area contributed by atoms with Crippen molar-refractivity contribution in [1.82, 2.24) is 9.97 Å². The van der Waals surface area contributed by atoms with Crippen molar-refractivity contribution >= 4 is 33.4 Å². The molecule has 3 aliphatic carbocycles. The second-order valence-electron chi connectivity index (χ2n) is 13.6. The quantitative estimate of drug-likeness (QED) is 0.186. The molecule has 11 rings (SSSR count). The summed E-state index contributed by atoms with van der Waals surface area (Å²) < 4.78 is 0. The van der Waals surface area contributed by atoms with Crippen LogP contribution in [0.25, 0.3) is 55.4 Å². The van der Waals surface area contributed by atoms with Crippen molar-refractivity contribution in [2.24, 2.45) is 5.92 Å². The number of hydrogen-bond donors (Lipinski definition) is 0. The molecular formula is C47H30N2S. The third-order valence-corrected chi connectivity index (χ3v) is 12.6. The van der Waals surface area contributed by atoms with Gasteiger partial charge in [-0.2, -0.15) is 0 Å². The number of benzene rings is 6. The predicted molar refractivity (Wildman–Crippen MR) is 207 cm³/mol. The molecule has 3 heteroatoms. The number of nitrogens with zero attached hydrogens (tertiary/aromatic N) is 2. The first-order valence-electron chi connectivity index (χ1n) is 17.3. The van der Waals surface area contributed by atoms with Crippen molar-refractivity contribution in [2.75, 3.05) is 0 Å². The summed E-state index contributed by atoms with van der Waals surface area (Å²) in [5.74, 6) is 1.04. The maximum Gasteiger partial charge on any atom is 0.160 e. The van der Waals surface area contributed by atoms with Crippen molar-refractivity contribution in [3.05, 3.63) is 198 Å². The monoisotopic (exact) mass is 654 g/mol. The van der Waals surface area contributed by atoms with Gasteiger partial charge in [-0.05, 0) is 55.8 Å². The van der Waals surface area contributed by atoms with E-state index in [2.05, 4.69) is 170 Å². The first-order valence-corrected chi connectivity index (χ1v) is 18.2. The molecule has 2 heterocycles. The molecule has 2 nitrogen and oxygen atoms in total. The Morgan fingerprint density at radius 3 is 2.30 bits per heavy atom. The standard InChI is InChI=1S/C47H30N2S/c1-2-15-31(16-3-1)43-36-20-9-11-24-41(36)48-46(49-43)37-22-12-21-35-34-19-8-10-23-38(34)47(42(35)37)39-27-25-29-13-4-6-17-32(29)44(39)50-45-33-18-7-5-14-30(33)26-28-40(45)47/h1-28,32,44H. The van der Waals surface area contributed by atoms with Crippen LogP contribution in [-0.2, 0) is 5.41 Å². The van der Waals surface area contributed by atoms with Gasteiger partial charge in [0, 0.05) is 32.6 Å². The van der Waals surface area contributed by atoms with Gasteiger partial charge in [-0.3, -0.25) is 0 Å². The fraction of sp³-hybridized carbons (Fsp3) is 0.0638. The zero-order valence-electron chi connectivity index (χ0n) is 27.1. The van der Waals surface area contributed by atoms with Crippen LogP contribution in [0.15, 0.2) is 186 Å². The minimum atomic E-state index is -0.531. The number of aromatic nitrogens is 2. The second-order valence-corrected chi connectivity index (χ2v) is 14.7. The van der Waals surface area contributed by atoms with E-state index in [1.165, 1.54) is 54.6 Å². The number of fused-ring (bicyclic) bond motifs is 14. The summed E-state index contributed by atoms with van der Waals surface area (Å²) in [7, 11) is 0. The lowest BCUT2D eigenvalue weighted by atomic mass is 9.61. The maximum absolute atomic E-state index is 5.47. The Bertz CT molecular complexity index is 2700. The SMILES string of the molecule is C1=CC2=CC=C3C(Sc4c(ccc5ccccc45)C34c3ccccc3-c3cccc(-c5nc(-c6ccccc6)c6ccccc6n5)c34)C2C=C1. The van der Waals surface area contributed by atoms with Crippen molar-refractivity contribution in [1.29, 1.82) is 0 Å². The summed E-state index contributed by atoms with van der Waals surface area (Å²) >= 11 is 2.04. The van der Waals surface area contributed by atoms with Gasteiger partial charge in [0.2, 0.25) is 0 Å². The van der Waals surface area contributed by atoms with E-state index in [0.29, 0.717) is 0 Å². The van der Waals surface area contributed by atoms with Gasteiger partial charge in [0.1, 0.15) is 0 Å². The average Bonchev–Trinajstić information content (AvgIpc) is 3.48. The van der Waals surface area contributed by atoms with Gasteiger partial charge >= 0.3 is 0 Å². The topological polar surface area (TPSA) is 25.8 Å². The molecule has 0 N–H and O–H groups in total. The van der Waals surface area contributed by atoms with E-state index in [4.69, 9.17) is 9.97 Å². The average molecular weight is 655 g/mol. The van der Waals surface area contributed by atoms with Gasteiger partial charge in [0.05, 0.1) is 16.6 Å². The van der Waals surface area contributed by atoms with Crippen LogP contribution in [0, 0.1) is 5.92 Å². The summed E-state index contributed by atoms with van der Waals surface area (Å²) in [6.45, 7) is 0. The van der Waals surface area contributed by atoms with Crippen molar-refractivity contribution in [3.63, 3.8) is 0 Å². The molecule has 0 amide bonds. The van der Waals surface area contributed by atoms with E-state index in [0.717, 1.165) is 33.5 Å². The summed E-state index contributed by atoms with van der Waals surface area (Å²) in [6.07, 6.45) is 13.9. The number of rotatable bonds is 2. The van der Waals surface area contributed by atoms with Crippen LogP contribution in [0.2, 0.25) is 0 Å². The van der Waals surface area contributed by atoms with Gasteiger partial charge in [-0.1, -0.05) is 164 Å². The molecule has 4 aliphatic rings. The first-order chi connectivity index (χ1) is 24.8. The van der Waals surface area contributed by atoms with Crippen LogP contribution in [-0.4, -0.2) is 15.2 Å². The Morgan fingerprint density at radius 1 is 0.580 bits per heavy atom. The Hall–Kier alpha value is -5.77. The summed E-state index contributed by atoms with van der Waals surface area (Å²) in [5.41, 5.74) is 12.9. The molecule has 6 aromatic carbocycles. The second kappa shape index (κ2) is 10.6. The molecule has 0 saturated carbocycles. The Balaban J connectivity index is 1.29. The molecule has 0 saturated heterocycles. The van der Waals surface area contributed by atoms with Crippen molar-refractivity contribution in [2.45, 2.75) is 15.6 Å². The molecule has 0 radical (unpaired) electrons. The highest BCUT2D eigenvalue weighted by molar-refractivity contribution is 8.00. The van der Waals surface area contributed by atoms with Crippen LogP contribution in [0.3, 0.4) is 0 Å². The highest BCUT2D eigenvalue weighted by atomic mass is 32.2. The van der Waals surface area contributed by atoms with Gasteiger partial charge in [0.15, 0.2) is 5.82 Å². The summed E-state index contributed by atoms with van der Waals surface area (Å²) in [4.78, 5) is 12.2. The highest BCUT2D eigenvalue weighted by Crippen LogP contribution is 2.66. The van der Waals surface area contributed by atoms with E-state index in [-0.39, 0.29) is 11.2 Å². The fourth-order valence-electron chi connectivity index (χ4n) is 9.05. The van der Waals surface area contributed by atoms with E-state index < -0.39 is 5.41 Å². The Labute approximate surface area is 295 Å². The van der Waals surface area contributed by atoms with Crippen molar-refractivity contribution < 1.29 is 0 Å². The minimum Gasteiger partial charge on any atom is -0.228 e. The summed E-state index contributed by atoms with van der Waals surface area (Å²) in [6, 6.07) is 48.5. The molecular weight excluding hydrogens is 625 g/mol. The molecule has 7 aromatic rings. The van der Waals surface area contributed by atoms with Crippen LogP contribution >= 0.6 is 11.8 Å². The lowest BCUT2D eigenvalue weighted by molar-refractivity contribution is 0.626. The molecule has 0 fully saturated rings. The molecule has 1 spiro atoms. The molecule has 3 unspecified atom stereocenters. The molecule has 3 atom stereocenters. The molecule has 0 bridgehead atoms.